The number of carbonyl (C=O) groups is 1. The number of benzene rings is 1. The standard InChI is InChI=1S/C17H26N2O5S.ClH/c1-23-15-4-3-14(11-16(15)24-2)25(21,22)10-7-17(20)19-9-6-13-5-8-18-12-13;/h3-4,11,13,18H,5-10,12H2,1-2H3,(H,19,20);1H. The molecule has 9 heteroatoms. The van der Waals surface area contributed by atoms with Crippen LogP contribution in [0.5, 0.6) is 11.5 Å². The van der Waals surface area contributed by atoms with Crippen LogP contribution >= 0.6 is 12.4 Å². The highest BCUT2D eigenvalue weighted by Crippen LogP contribution is 2.29. The molecule has 1 unspecified atom stereocenters. The summed E-state index contributed by atoms with van der Waals surface area (Å²) in [5, 5.41) is 6.08. The van der Waals surface area contributed by atoms with Crippen LogP contribution in [0.25, 0.3) is 0 Å². The van der Waals surface area contributed by atoms with Crippen LogP contribution in [0, 0.1) is 5.92 Å². The maximum Gasteiger partial charge on any atom is 0.221 e. The van der Waals surface area contributed by atoms with Gasteiger partial charge in [0.2, 0.25) is 5.91 Å². The number of amides is 1. The Labute approximate surface area is 161 Å². The Balaban J connectivity index is 0.00000338. The van der Waals surface area contributed by atoms with Gasteiger partial charge in [-0.3, -0.25) is 4.79 Å². The quantitative estimate of drug-likeness (QED) is 0.644. The molecule has 1 saturated heterocycles. The zero-order valence-corrected chi connectivity index (χ0v) is 16.7. The molecule has 148 valence electrons. The Bertz CT molecular complexity index is 690. The average molecular weight is 407 g/mol. The molecule has 1 aliphatic heterocycles. The maximum absolute atomic E-state index is 12.4. The minimum Gasteiger partial charge on any atom is -0.493 e. The Kier molecular flexibility index (Phi) is 9.18. The molecule has 26 heavy (non-hydrogen) atoms. The van der Waals surface area contributed by atoms with Crippen molar-refractivity contribution in [1.82, 2.24) is 10.6 Å². The molecule has 1 fully saturated rings. The number of rotatable bonds is 9. The lowest BCUT2D eigenvalue weighted by molar-refractivity contribution is -0.120. The molecule has 1 aliphatic rings. The molecule has 0 radical (unpaired) electrons. The van der Waals surface area contributed by atoms with Gasteiger partial charge in [0.15, 0.2) is 21.3 Å². The number of carbonyl (C=O) groups excluding carboxylic acids is 1. The normalized spacial score (nSPS) is 16.6. The van der Waals surface area contributed by atoms with E-state index >= 15 is 0 Å². The van der Waals surface area contributed by atoms with Gasteiger partial charge < -0.3 is 20.1 Å². The van der Waals surface area contributed by atoms with Crippen molar-refractivity contribution in [3.63, 3.8) is 0 Å². The molecule has 2 rings (SSSR count). The molecule has 1 heterocycles. The third-order valence-corrected chi connectivity index (χ3v) is 6.06. The SMILES string of the molecule is COc1ccc(S(=O)(=O)CCC(=O)NCCC2CCNC2)cc1OC.Cl. The first-order valence-corrected chi connectivity index (χ1v) is 10.0. The summed E-state index contributed by atoms with van der Waals surface area (Å²) in [4.78, 5) is 12.0. The minimum atomic E-state index is -3.56. The molecular formula is C17H27ClN2O5S. The summed E-state index contributed by atoms with van der Waals surface area (Å²) in [6.07, 6.45) is 1.99. The van der Waals surface area contributed by atoms with E-state index in [-0.39, 0.29) is 35.4 Å². The van der Waals surface area contributed by atoms with Crippen molar-refractivity contribution in [3.05, 3.63) is 18.2 Å². The van der Waals surface area contributed by atoms with E-state index in [0.29, 0.717) is 24.0 Å². The second-order valence-electron chi connectivity index (χ2n) is 6.08. The molecule has 0 aliphatic carbocycles. The van der Waals surface area contributed by atoms with E-state index in [0.717, 1.165) is 25.9 Å². The summed E-state index contributed by atoms with van der Waals surface area (Å²) < 4.78 is 35.0. The second kappa shape index (κ2) is 10.6. The topological polar surface area (TPSA) is 93.7 Å². The first kappa shape index (κ1) is 22.5. The number of hydrogen-bond donors (Lipinski definition) is 2. The lowest BCUT2D eigenvalue weighted by Crippen LogP contribution is -2.28. The van der Waals surface area contributed by atoms with Gasteiger partial charge in [-0.25, -0.2) is 8.42 Å². The third-order valence-electron chi connectivity index (χ3n) is 4.35. The van der Waals surface area contributed by atoms with Gasteiger partial charge in [-0.05, 0) is 44.0 Å². The molecule has 1 atom stereocenters. The number of hydrogen-bond acceptors (Lipinski definition) is 6. The highest BCUT2D eigenvalue weighted by molar-refractivity contribution is 7.91. The molecule has 0 saturated carbocycles. The summed E-state index contributed by atoms with van der Waals surface area (Å²) in [5.74, 6) is 0.920. The minimum absolute atomic E-state index is 0. The predicted octanol–water partition coefficient (Wildman–Crippen LogP) is 1.41. The Morgan fingerprint density at radius 1 is 1.27 bits per heavy atom. The monoisotopic (exact) mass is 406 g/mol. The molecule has 1 aromatic carbocycles. The van der Waals surface area contributed by atoms with E-state index in [1.807, 2.05) is 0 Å². The van der Waals surface area contributed by atoms with Crippen molar-refractivity contribution >= 4 is 28.2 Å². The summed E-state index contributed by atoms with van der Waals surface area (Å²) in [6.45, 7) is 2.60. The van der Waals surface area contributed by atoms with Gasteiger partial charge >= 0.3 is 0 Å². The van der Waals surface area contributed by atoms with E-state index in [2.05, 4.69) is 10.6 Å². The largest absolute Gasteiger partial charge is 0.493 e. The zero-order valence-electron chi connectivity index (χ0n) is 15.1. The molecule has 0 spiro atoms. The molecule has 1 amide bonds. The molecule has 7 nitrogen and oxygen atoms in total. The smallest absolute Gasteiger partial charge is 0.221 e. The fourth-order valence-electron chi connectivity index (χ4n) is 2.82. The van der Waals surface area contributed by atoms with Crippen LogP contribution in [0.4, 0.5) is 0 Å². The van der Waals surface area contributed by atoms with E-state index in [4.69, 9.17) is 9.47 Å². The second-order valence-corrected chi connectivity index (χ2v) is 8.19. The average Bonchev–Trinajstić information content (AvgIpc) is 3.12. The van der Waals surface area contributed by atoms with Crippen molar-refractivity contribution in [2.75, 3.05) is 39.6 Å². The number of ether oxygens (including phenoxy) is 2. The number of sulfone groups is 1. The van der Waals surface area contributed by atoms with Gasteiger partial charge in [0.25, 0.3) is 0 Å². The van der Waals surface area contributed by atoms with Crippen molar-refractivity contribution in [2.24, 2.45) is 5.92 Å². The highest BCUT2D eigenvalue weighted by atomic mass is 35.5. The van der Waals surface area contributed by atoms with Crippen molar-refractivity contribution in [3.8, 4) is 11.5 Å². The van der Waals surface area contributed by atoms with Crippen LogP contribution in [-0.4, -0.2) is 53.9 Å². The van der Waals surface area contributed by atoms with E-state index < -0.39 is 9.84 Å². The fraction of sp³-hybridized carbons (Fsp3) is 0.588. The van der Waals surface area contributed by atoms with E-state index in [1.165, 1.54) is 26.4 Å². The van der Waals surface area contributed by atoms with E-state index in [9.17, 15) is 13.2 Å². The van der Waals surface area contributed by atoms with Crippen LogP contribution in [0.3, 0.4) is 0 Å². The van der Waals surface area contributed by atoms with Gasteiger partial charge in [-0.1, -0.05) is 0 Å². The van der Waals surface area contributed by atoms with Gasteiger partial charge in [0, 0.05) is 19.0 Å². The van der Waals surface area contributed by atoms with Gasteiger partial charge in [0.05, 0.1) is 24.9 Å². The highest BCUT2D eigenvalue weighted by Gasteiger charge is 2.19. The molecular weight excluding hydrogens is 380 g/mol. The Morgan fingerprint density at radius 3 is 2.62 bits per heavy atom. The summed E-state index contributed by atoms with van der Waals surface area (Å²) in [5.41, 5.74) is 0. The maximum atomic E-state index is 12.4. The lowest BCUT2D eigenvalue weighted by Gasteiger charge is -2.11. The third kappa shape index (κ3) is 6.34. The number of nitrogens with one attached hydrogen (secondary N) is 2. The zero-order chi connectivity index (χ0) is 18.3. The fourth-order valence-corrected chi connectivity index (χ4v) is 4.07. The Morgan fingerprint density at radius 2 is 2.00 bits per heavy atom. The van der Waals surface area contributed by atoms with Crippen molar-refractivity contribution in [2.45, 2.75) is 24.2 Å². The molecule has 0 aromatic heterocycles. The van der Waals surface area contributed by atoms with Crippen LogP contribution in [0.1, 0.15) is 19.3 Å². The van der Waals surface area contributed by atoms with Crippen LogP contribution in [-0.2, 0) is 14.6 Å². The van der Waals surface area contributed by atoms with Crippen molar-refractivity contribution in [1.29, 1.82) is 0 Å². The predicted molar refractivity (Wildman–Crippen MR) is 102 cm³/mol. The van der Waals surface area contributed by atoms with E-state index in [1.54, 1.807) is 6.07 Å². The number of halogens is 1. The van der Waals surface area contributed by atoms with Gasteiger partial charge in [-0.2, -0.15) is 0 Å². The molecule has 1 aromatic rings. The van der Waals surface area contributed by atoms with Gasteiger partial charge in [0.1, 0.15) is 0 Å². The van der Waals surface area contributed by atoms with Gasteiger partial charge in [-0.15, -0.1) is 12.4 Å². The lowest BCUT2D eigenvalue weighted by atomic mass is 10.1. The number of methoxy groups -OCH3 is 2. The van der Waals surface area contributed by atoms with Crippen LogP contribution in [0.15, 0.2) is 23.1 Å². The van der Waals surface area contributed by atoms with Crippen LogP contribution < -0.4 is 20.1 Å². The summed E-state index contributed by atoms with van der Waals surface area (Å²) in [6, 6.07) is 4.42. The summed E-state index contributed by atoms with van der Waals surface area (Å²) >= 11 is 0. The first-order valence-electron chi connectivity index (χ1n) is 8.38. The molecule has 0 bridgehead atoms. The molecule has 2 N–H and O–H groups in total. The van der Waals surface area contributed by atoms with Crippen molar-refractivity contribution < 1.29 is 22.7 Å². The Hall–Kier alpha value is -1.51. The summed E-state index contributed by atoms with van der Waals surface area (Å²) in [7, 11) is -0.630. The van der Waals surface area contributed by atoms with Crippen LogP contribution in [0.2, 0.25) is 0 Å². The first-order chi connectivity index (χ1) is 12.0.